The van der Waals surface area contributed by atoms with Gasteiger partial charge in [-0.05, 0) is 25.0 Å². The Kier molecular flexibility index (Phi) is 2.44. The summed E-state index contributed by atoms with van der Waals surface area (Å²) in [5.74, 6) is 0.0139. The highest BCUT2D eigenvalue weighted by molar-refractivity contribution is 5.74. The smallest absolute Gasteiger partial charge is 0.217 e. The van der Waals surface area contributed by atoms with Crippen LogP contribution in [0.4, 0.5) is 0 Å². The molecule has 1 aromatic carbocycles. The highest BCUT2D eigenvalue weighted by Crippen LogP contribution is 2.45. The number of benzene rings is 1. The molecule has 0 radical (unpaired) electrons. The zero-order valence-electron chi connectivity index (χ0n) is 10.3. The molecule has 1 amide bonds. The van der Waals surface area contributed by atoms with Crippen molar-refractivity contribution in [2.45, 2.75) is 25.3 Å². The van der Waals surface area contributed by atoms with E-state index in [2.05, 4.69) is 10.4 Å². The number of nitrogens with zero attached hydrogens (tertiary/aromatic N) is 2. The lowest BCUT2D eigenvalue weighted by atomic mass is 10.1. The van der Waals surface area contributed by atoms with Gasteiger partial charge in [0.25, 0.3) is 0 Å². The first-order chi connectivity index (χ1) is 8.70. The molecule has 1 N–H and O–H groups in total. The number of carbonyl (C=O) groups excluding carboxylic acids is 1. The summed E-state index contributed by atoms with van der Waals surface area (Å²) in [5.41, 5.74) is 1.95. The van der Waals surface area contributed by atoms with Gasteiger partial charge in [0, 0.05) is 18.7 Å². The summed E-state index contributed by atoms with van der Waals surface area (Å²) >= 11 is 0. The SMILES string of the molecule is CC(=O)NC1(c2cnn(-c3ccccc3)c2)CC1. The van der Waals surface area contributed by atoms with Gasteiger partial charge in [0.1, 0.15) is 0 Å². The van der Waals surface area contributed by atoms with Crippen molar-refractivity contribution in [3.8, 4) is 5.69 Å². The number of carbonyl (C=O) groups is 1. The number of rotatable bonds is 3. The number of nitrogens with one attached hydrogen (secondary N) is 1. The molecule has 0 saturated heterocycles. The Balaban J connectivity index is 1.89. The Bertz CT molecular complexity index is 570. The average Bonchev–Trinajstić information content (AvgIpc) is 2.96. The van der Waals surface area contributed by atoms with E-state index in [-0.39, 0.29) is 11.4 Å². The molecule has 0 spiro atoms. The third-order valence-electron chi connectivity index (χ3n) is 3.32. The van der Waals surface area contributed by atoms with Crippen LogP contribution in [-0.4, -0.2) is 15.7 Å². The first-order valence-corrected chi connectivity index (χ1v) is 6.09. The highest BCUT2D eigenvalue weighted by Gasteiger charge is 2.46. The monoisotopic (exact) mass is 241 g/mol. The van der Waals surface area contributed by atoms with Crippen LogP contribution in [0.15, 0.2) is 42.7 Å². The first-order valence-electron chi connectivity index (χ1n) is 6.09. The van der Waals surface area contributed by atoms with Gasteiger partial charge in [-0.1, -0.05) is 18.2 Å². The van der Waals surface area contributed by atoms with Gasteiger partial charge < -0.3 is 5.32 Å². The molecule has 3 rings (SSSR count). The van der Waals surface area contributed by atoms with E-state index in [1.165, 1.54) is 0 Å². The maximum Gasteiger partial charge on any atom is 0.217 e. The fraction of sp³-hybridized carbons (Fsp3) is 0.286. The fourth-order valence-corrected chi connectivity index (χ4v) is 2.24. The van der Waals surface area contributed by atoms with Crippen molar-refractivity contribution in [3.05, 3.63) is 48.3 Å². The first kappa shape index (κ1) is 11.0. The fourth-order valence-electron chi connectivity index (χ4n) is 2.24. The third kappa shape index (κ3) is 1.90. The zero-order valence-corrected chi connectivity index (χ0v) is 10.3. The second kappa shape index (κ2) is 3.98. The largest absolute Gasteiger partial charge is 0.347 e. The Morgan fingerprint density at radius 2 is 2.06 bits per heavy atom. The molecule has 1 aliphatic rings. The van der Waals surface area contributed by atoms with E-state index in [0.29, 0.717) is 0 Å². The standard InChI is InChI=1S/C14H15N3O/c1-11(18)16-14(7-8-14)12-9-15-17(10-12)13-5-3-2-4-6-13/h2-6,9-10H,7-8H2,1H3,(H,16,18). The van der Waals surface area contributed by atoms with E-state index in [1.54, 1.807) is 6.92 Å². The molecule has 0 unspecified atom stereocenters. The number of hydrogen-bond acceptors (Lipinski definition) is 2. The van der Waals surface area contributed by atoms with Gasteiger partial charge in [-0.3, -0.25) is 4.79 Å². The Labute approximate surface area is 106 Å². The lowest BCUT2D eigenvalue weighted by Crippen LogP contribution is -2.32. The topological polar surface area (TPSA) is 46.9 Å². The number of hydrogen-bond donors (Lipinski definition) is 1. The van der Waals surface area contributed by atoms with E-state index < -0.39 is 0 Å². The number of amides is 1. The van der Waals surface area contributed by atoms with Gasteiger partial charge in [0.2, 0.25) is 5.91 Å². The Morgan fingerprint density at radius 3 is 2.67 bits per heavy atom. The van der Waals surface area contributed by atoms with E-state index in [1.807, 2.05) is 47.4 Å². The van der Waals surface area contributed by atoms with Crippen LogP contribution in [0.5, 0.6) is 0 Å². The summed E-state index contributed by atoms with van der Waals surface area (Å²) in [7, 11) is 0. The van der Waals surface area contributed by atoms with E-state index in [0.717, 1.165) is 24.1 Å². The van der Waals surface area contributed by atoms with Crippen LogP contribution in [0.2, 0.25) is 0 Å². The van der Waals surface area contributed by atoms with Crippen LogP contribution in [-0.2, 0) is 10.3 Å². The van der Waals surface area contributed by atoms with Crippen LogP contribution in [0.1, 0.15) is 25.3 Å². The van der Waals surface area contributed by atoms with Crippen LogP contribution in [0.3, 0.4) is 0 Å². The Morgan fingerprint density at radius 1 is 1.33 bits per heavy atom. The maximum absolute atomic E-state index is 11.2. The predicted octanol–water partition coefficient (Wildman–Crippen LogP) is 2.00. The van der Waals surface area contributed by atoms with E-state index in [4.69, 9.17) is 0 Å². The second-order valence-corrected chi connectivity index (χ2v) is 4.77. The van der Waals surface area contributed by atoms with Gasteiger partial charge in [-0.15, -0.1) is 0 Å². The van der Waals surface area contributed by atoms with Crippen LogP contribution < -0.4 is 5.32 Å². The quantitative estimate of drug-likeness (QED) is 0.893. The minimum Gasteiger partial charge on any atom is -0.347 e. The second-order valence-electron chi connectivity index (χ2n) is 4.77. The van der Waals surface area contributed by atoms with Gasteiger partial charge in [0.15, 0.2) is 0 Å². The molecular formula is C14H15N3O. The summed E-state index contributed by atoms with van der Waals surface area (Å²) < 4.78 is 1.84. The molecule has 92 valence electrons. The summed E-state index contributed by atoms with van der Waals surface area (Å²) in [4.78, 5) is 11.2. The molecule has 1 aliphatic carbocycles. The van der Waals surface area contributed by atoms with Crippen molar-refractivity contribution in [2.75, 3.05) is 0 Å². The van der Waals surface area contributed by atoms with Crippen LogP contribution >= 0.6 is 0 Å². The van der Waals surface area contributed by atoms with E-state index >= 15 is 0 Å². The highest BCUT2D eigenvalue weighted by atomic mass is 16.1. The molecule has 1 heterocycles. The summed E-state index contributed by atoms with van der Waals surface area (Å²) in [5, 5.41) is 7.38. The molecule has 4 nitrogen and oxygen atoms in total. The summed E-state index contributed by atoms with van der Waals surface area (Å²) in [6, 6.07) is 9.96. The van der Waals surface area contributed by atoms with Crippen molar-refractivity contribution in [1.82, 2.24) is 15.1 Å². The van der Waals surface area contributed by atoms with Crippen molar-refractivity contribution in [2.24, 2.45) is 0 Å². The van der Waals surface area contributed by atoms with Crippen LogP contribution in [0, 0.1) is 0 Å². The molecule has 1 fully saturated rings. The van der Waals surface area contributed by atoms with Gasteiger partial charge in [-0.25, -0.2) is 4.68 Å². The molecule has 4 heteroatoms. The summed E-state index contributed by atoms with van der Waals surface area (Å²) in [6.45, 7) is 1.56. The maximum atomic E-state index is 11.2. The zero-order chi connectivity index (χ0) is 12.6. The van der Waals surface area contributed by atoms with Gasteiger partial charge >= 0.3 is 0 Å². The molecule has 0 aliphatic heterocycles. The van der Waals surface area contributed by atoms with Gasteiger partial charge in [-0.2, -0.15) is 5.10 Å². The molecule has 1 saturated carbocycles. The van der Waals surface area contributed by atoms with Crippen molar-refractivity contribution < 1.29 is 4.79 Å². The minimum absolute atomic E-state index is 0.0139. The van der Waals surface area contributed by atoms with E-state index in [9.17, 15) is 4.79 Å². The van der Waals surface area contributed by atoms with Crippen LogP contribution in [0.25, 0.3) is 5.69 Å². The molecule has 2 aromatic rings. The molecule has 0 atom stereocenters. The molecule has 0 bridgehead atoms. The molecular weight excluding hydrogens is 226 g/mol. The number of para-hydroxylation sites is 1. The van der Waals surface area contributed by atoms with Crippen molar-refractivity contribution in [1.29, 1.82) is 0 Å². The van der Waals surface area contributed by atoms with Gasteiger partial charge in [0.05, 0.1) is 17.4 Å². The molecule has 18 heavy (non-hydrogen) atoms. The van der Waals surface area contributed by atoms with Crippen molar-refractivity contribution in [3.63, 3.8) is 0 Å². The lowest BCUT2D eigenvalue weighted by molar-refractivity contribution is -0.120. The number of aromatic nitrogens is 2. The van der Waals surface area contributed by atoms with Crippen molar-refractivity contribution >= 4 is 5.91 Å². The average molecular weight is 241 g/mol. The third-order valence-corrected chi connectivity index (χ3v) is 3.32. The Hall–Kier alpha value is -2.10. The molecule has 1 aromatic heterocycles. The minimum atomic E-state index is -0.168. The lowest BCUT2D eigenvalue weighted by Gasteiger charge is -2.13. The normalized spacial score (nSPS) is 16.3. The predicted molar refractivity (Wildman–Crippen MR) is 68.3 cm³/mol. The summed E-state index contributed by atoms with van der Waals surface area (Å²) in [6.07, 6.45) is 5.83.